The summed E-state index contributed by atoms with van der Waals surface area (Å²) in [7, 11) is 0. The summed E-state index contributed by atoms with van der Waals surface area (Å²) in [6, 6.07) is 17.6. The minimum atomic E-state index is 0. The molecule has 2 atom stereocenters. The van der Waals surface area contributed by atoms with Crippen molar-refractivity contribution in [2.45, 2.75) is 24.7 Å². The van der Waals surface area contributed by atoms with E-state index in [4.69, 9.17) is 0 Å². The van der Waals surface area contributed by atoms with Crippen LogP contribution >= 0.6 is 0 Å². The Kier molecular flexibility index (Phi) is 4.49. The van der Waals surface area contributed by atoms with Crippen LogP contribution in [0.25, 0.3) is 12.2 Å². The van der Waals surface area contributed by atoms with Crippen LogP contribution in [-0.4, -0.2) is 29.6 Å². The molecule has 2 aromatic rings. The van der Waals surface area contributed by atoms with Crippen molar-refractivity contribution in [3.05, 3.63) is 82.9 Å². The summed E-state index contributed by atoms with van der Waals surface area (Å²) in [5.41, 5.74) is 5.81. The average molecular weight is 282 g/mol. The molecule has 0 nitrogen and oxygen atoms in total. The molecule has 0 saturated carbocycles. The molecule has 2 aromatic carbocycles. The van der Waals surface area contributed by atoms with Gasteiger partial charge >= 0.3 is 29.6 Å². The quantitative estimate of drug-likeness (QED) is 0.713. The molecule has 0 amide bonds. The first-order valence-electron chi connectivity index (χ1n) is 7.46. The normalized spacial score (nSPS) is 21.0. The molecule has 0 heterocycles. The Labute approximate surface area is 148 Å². The summed E-state index contributed by atoms with van der Waals surface area (Å²) in [6.45, 7) is 0. The summed E-state index contributed by atoms with van der Waals surface area (Å²) in [6.07, 6.45) is 11.8. The molecular formula is C20H19Na. The van der Waals surface area contributed by atoms with E-state index in [0.717, 1.165) is 0 Å². The average Bonchev–Trinajstić information content (AvgIpc) is 3.09. The van der Waals surface area contributed by atoms with Crippen LogP contribution in [-0.2, 0) is 0 Å². The van der Waals surface area contributed by atoms with Gasteiger partial charge < -0.3 is 0 Å². The number of benzene rings is 2. The van der Waals surface area contributed by atoms with Gasteiger partial charge in [0.1, 0.15) is 0 Å². The van der Waals surface area contributed by atoms with Gasteiger partial charge in [-0.25, -0.2) is 0 Å². The molecule has 100 valence electrons. The molecule has 0 radical (unpaired) electrons. The van der Waals surface area contributed by atoms with Crippen molar-refractivity contribution in [1.82, 2.24) is 0 Å². The second-order valence-corrected chi connectivity index (χ2v) is 5.77. The fourth-order valence-electron chi connectivity index (χ4n) is 3.51. The van der Waals surface area contributed by atoms with Crippen LogP contribution in [0.1, 0.15) is 46.9 Å². The van der Waals surface area contributed by atoms with Gasteiger partial charge in [-0.15, -0.1) is 0 Å². The summed E-state index contributed by atoms with van der Waals surface area (Å²) in [5.74, 6) is 1.21. The topological polar surface area (TPSA) is 0 Å². The second kappa shape index (κ2) is 6.36. The van der Waals surface area contributed by atoms with Crippen LogP contribution in [0, 0.1) is 0 Å². The Hall–Kier alpha value is -1.08. The van der Waals surface area contributed by atoms with Gasteiger partial charge in [-0.3, -0.25) is 0 Å². The van der Waals surface area contributed by atoms with Crippen molar-refractivity contribution >= 4 is 41.7 Å². The monoisotopic (exact) mass is 282 g/mol. The van der Waals surface area contributed by atoms with E-state index in [-0.39, 0.29) is 29.6 Å². The number of fused-ring (bicyclic) bond motifs is 2. The van der Waals surface area contributed by atoms with Gasteiger partial charge in [0.2, 0.25) is 0 Å². The molecule has 1 heteroatoms. The summed E-state index contributed by atoms with van der Waals surface area (Å²) < 4.78 is 0. The molecule has 0 bridgehead atoms. The fraction of sp³-hybridized carbons (Fsp3) is 0.200. The maximum atomic E-state index is 2.37. The molecule has 4 rings (SSSR count). The van der Waals surface area contributed by atoms with Crippen LogP contribution in [0.4, 0.5) is 0 Å². The van der Waals surface area contributed by atoms with Gasteiger partial charge in [0, 0.05) is 11.8 Å². The fourth-order valence-corrected chi connectivity index (χ4v) is 3.51. The molecule has 0 spiro atoms. The van der Waals surface area contributed by atoms with Gasteiger partial charge in [-0.1, -0.05) is 72.8 Å². The summed E-state index contributed by atoms with van der Waals surface area (Å²) >= 11 is 0. The number of allylic oxidation sites excluding steroid dienone is 2. The van der Waals surface area contributed by atoms with Gasteiger partial charge in [-0.05, 0) is 35.1 Å². The number of hydrogen-bond acceptors (Lipinski definition) is 0. The molecule has 2 aliphatic rings. The van der Waals surface area contributed by atoms with Crippen LogP contribution in [0.5, 0.6) is 0 Å². The van der Waals surface area contributed by atoms with Crippen molar-refractivity contribution in [2.24, 2.45) is 0 Å². The Morgan fingerprint density at radius 1 is 0.619 bits per heavy atom. The van der Waals surface area contributed by atoms with E-state index in [1.54, 1.807) is 0 Å². The van der Waals surface area contributed by atoms with Crippen molar-refractivity contribution in [2.75, 3.05) is 0 Å². The molecular weight excluding hydrogens is 263 g/mol. The standard InChI is InChI=1S/C20H18.Na.H/c1-3-7-19-15(5-1)9-11-17(19)13-14-18-12-10-16-6-2-4-8-20(16)18;;/h1-12,17-18H,13-14H2;;. The van der Waals surface area contributed by atoms with Crippen LogP contribution < -0.4 is 0 Å². The number of rotatable bonds is 3. The van der Waals surface area contributed by atoms with E-state index in [1.807, 2.05) is 0 Å². The molecule has 0 aromatic heterocycles. The van der Waals surface area contributed by atoms with Gasteiger partial charge in [0.25, 0.3) is 0 Å². The first-order chi connectivity index (χ1) is 9.92. The van der Waals surface area contributed by atoms with Crippen molar-refractivity contribution in [3.8, 4) is 0 Å². The zero-order valence-electron chi connectivity index (χ0n) is 11.5. The van der Waals surface area contributed by atoms with Crippen molar-refractivity contribution in [3.63, 3.8) is 0 Å². The molecule has 0 saturated heterocycles. The predicted molar refractivity (Wildman–Crippen MR) is 92.8 cm³/mol. The Morgan fingerprint density at radius 2 is 1.05 bits per heavy atom. The summed E-state index contributed by atoms with van der Waals surface area (Å²) in [4.78, 5) is 0. The van der Waals surface area contributed by atoms with Gasteiger partial charge in [0.15, 0.2) is 0 Å². The van der Waals surface area contributed by atoms with Crippen molar-refractivity contribution in [1.29, 1.82) is 0 Å². The van der Waals surface area contributed by atoms with Crippen LogP contribution in [0.15, 0.2) is 60.7 Å². The zero-order chi connectivity index (χ0) is 13.4. The first-order valence-corrected chi connectivity index (χ1v) is 7.46. The van der Waals surface area contributed by atoms with E-state index in [9.17, 15) is 0 Å². The van der Waals surface area contributed by atoms with E-state index in [1.165, 1.54) is 35.1 Å². The molecule has 0 fully saturated rings. The SMILES string of the molecule is C1=CC(CCC2C=Cc3ccccc32)c2ccccc21.[NaH]. The summed E-state index contributed by atoms with van der Waals surface area (Å²) in [5, 5.41) is 0. The van der Waals surface area contributed by atoms with E-state index in [0.29, 0.717) is 11.8 Å². The second-order valence-electron chi connectivity index (χ2n) is 5.77. The van der Waals surface area contributed by atoms with E-state index in [2.05, 4.69) is 72.8 Å². The first kappa shape index (κ1) is 14.8. The Balaban J connectivity index is 0.00000132. The molecule has 2 aliphatic carbocycles. The van der Waals surface area contributed by atoms with E-state index < -0.39 is 0 Å². The molecule has 0 N–H and O–H groups in total. The number of hydrogen-bond donors (Lipinski definition) is 0. The Bertz CT molecular complexity index is 635. The van der Waals surface area contributed by atoms with Gasteiger partial charge in [0.05, 0.1) is 0 Å². The molecule has 0 aliphatic heterocycles. The Morgan fingerprint density at radius 3 is 1.52 bits per heavy atom. The third-order valence-electron chi connectivity index (χ3n) is 4.60. The van der Waals surface area contributed by atoms with Gasteiger partial charge in [-0.2, -0.15) is 0 Å². The van der Waals surface area contributed by atoms with E-state index >= 15 is 0 Å². The zero-order valence-corrected chi connectivity index (χ0v) is 11.5. The predicted octanol–water partition coefficient (Wildman–Crippen LogP) is 4.74. The maximum absolute atomic E-state index is 2.37. The van der Waals surface area contributed by atoms with Crippen LogP contribution in [0.2, 0.25) is 0 Å². The minimum absolute atomic E-state index is 0. The molecule has 21 heavy (non-hydrogen) atoms. The third kappa shape index (κ3) is 2.81. The molecule has 2 unspecified atom stereocenters. The van der Waals surface area contributed by atoms with Crippen LogP contribution in [0.3, 0.4) is 0 Å². The third-order valence-corrected chi connectivity index (χ3v) is 4.60. The van der Waals surface area contributed by atoms with Crippen molar-refractivity contribution < 1.29 is 0 Å².